The molecule has 0 spiro atoms. The Hall–Kier alpha value is -1.10. The minimum absolute atomic E-state index is 0.0185. The summed E-state index contributed by atoms with van der Waals surface area (Å²) in [4.78, 5) is 0. The van der Waals surface area contributed by atoms with Gasteiger partial charge in [-0.25, -0.2) is 4.39 Å². The maximum absolute atomic E-state index is 12.7. The van der Waals surface area contributed by atoms with E-state index in [-0.39, 0.29) is 24.8 Å². The van der Waals surface area contributed by atoms with E-state index >= 15 is 0 Å². The Morgan fingerprint density at radius 1 is 1.11 bits per heavy atom. The first-order chi connectivity index (χ1) is 8.45. The summed E-state index contributed by atoms with van der Waals surface area (Å²) in [7, 11) is 0. The van der Waals surface area contributed by atoms with Gasteiger partial charge in [-0.3, -0.25) is 0 Å². The van der Waals surface area contributed by atoms with E-state index in [1.807, 2.05) is 0 Å². The van der Waals surface area contributed by atoms with E-state index in [0.717, 1.165) is 5.56 Å². The summed E-state index contributed by atoms with van der Waals surface area (Å²) in [6.45, 7) is -0.0185. The summed E-state index contributed by atoms with van der Waals surface area (Å²) >= 11 is 0. The van der Waals surface area contributed by atoms with Crippen LogP contribution in [-0.2, 0) is 6.42 Å². The third-order valence-electron chi connectivity index (χ3n) is 3.37. The third-order valence-corrected chi connectivity index (χ3v) is 3.37. The van der Waals surface area contributed by atoms with Gasteiger partial charge in [0.15, 0.2) is 0 Å². The van der Waals surface area contributed by atoms with E-state index in [9.17, 15) is 17.6 Å². The van der Waals surface area contributed by atoms with Crippen LogP contribution in [0.5, 0.6) is 0 Å². The molecule has 0 radical (unpaired) electrons. The molecule has 1 aliphatic heterocycles. The maximum Gasteiger partial charge on any atom is 0.393 e. The standard InChI is InChI=1S/C13H15F4N/c14-11-4-1-9(2-5-11)7-12-6-3-10(8-18-12)13(15,16)17/h1-2,4-5,10,12,18H,3,6-8H2. The second-order valence-electron chi connectivity index (χ2n) is 4.75. The number of hydrogen-bond acceptors (Lipinski definition) is 1. The van der Waals surface area contributed by atoms with E-state index in [4.69, 9.17) is 0 Å². The van der Waals surface area contributed by atoms with Gasteiger partial charge in [-0.15, -0.1) is 0 Å². The van der Waals surface area contributed by atoms with Crippen molar-refractivity contribution in [3.05, 3.63) is 35.6 Å². The molecule has 2 atom stereocenters. The Kier molecular flexibility index (Phi) is 3.90. The Morgan fingerprint density at radius 3 is 2.28 bits per heavy atom. The van der Waals surface area contributed by atoms with Crippen molar-refractivity contribution in [1.29, 1.82) is 0 Å². The van der Waals surface area contributed by atoms with Crippen LogP contribution in [0.25, 0.3) is 0 Å². The molecule has 2 unspecified atom stereocenters. The minimum atomic E-state index is -4.10. The van der Waals surface area contributed by atoms with E-state index in [1.54, 1.807) is 12.1 Å². The Labute approximate surface area is 103 Å². The van der Waals surface area contributed by atoms with Gasteiger partial charge in [0.1, 0.15) is 5.82 Å². The molecule has 100 valence electrons. The van der Waals surface area contributed by atoms with Crippen molar-refractivity contribution in [3.63, 3.8) is 0 Å². The van der Waals surface area contributed by atoms with Gasteiger partial charge in [0.25, 0.3) is 0 Å². The molecule has 2 rings (SSSR count). The molecule has 1 nitrogen and oxygen atoms in total. The first-order valence-electron chi connectivity index (χ1n) is 5.99. The summed E-state index contributed by atoms with van der Waals surface area (Å²) in [5, 5.41) is 2.93. The van der Waals surface area contributed by atoms with Gasteiger partial charge in [-0.2, -0.15) is 13.2 Å². The fourth-order valence-electron chi connectivity index (χ4n) is 2.27. The topological polar surface area (TPSA) is 12.0 Å². The van der Waals surface area contributed by atoms with Crippen molar-refractivity contribution in [2.45, 2.75) is 31.5 Å². The van der Waals surface area contributed by atoms with Crippen molar-refractivity contribution in [3.8, 4) is 0 Å². The molecular weight excluding hydrogens is 246 g/mol. The van der Waals surface area contributed by atoms with Crippen LogP contribution in [0.15, 0.2) is 24.3 Å². The first-order valence-corrected chi connectivity index (χ1v) is 5.99. The summed E-state index contributed by atoms with van der Waals surface area (Å²) in [6, 6.07) is 6.14. The molecule has 1 aromatic rings. The van der Waals surface area contributed by atoms with Crippen LogP contribution in [0.4, 0.5) is 17.6 Å². The molecule has 1 saturated heterocycles. The molecule has 1 aromatic carbocycles. The molecule has 0 aromatic heterocycles. The maximum atomic E-state index is 12.7. The number of alkyl halides is 3. The molecule has 0 amide bonds. The number of nitrogens with one attached hydrogen (secondary N) is 1. The van der Waals surface area contributed by atoms with Gasteiger partial charge < -0.3 is 5.32 Å². The molecule has 0 bridgehead atoms. The van der Waals surface area contributed by atoms with E-state index in [1.165, 1.54) is 12.1 Å². The quantitative estimate of drug-likeness (QED) is 0.805. The number of halogens is 4. The highest BCUT2D eigenvalue weighted by Gasteiger charge is 2.41. The lowest BCUT2D eigenvalue weighted by molar-refractivity contribution is -0.179. The van der Waals surface area contributed by atoms with Crippen LogP contribution in [0.1, 0.15) is 18.4 Å². The molecule has 1 N–H and O–H groups in total. The summed E-state index contributed by atoms with van der Waals surface area (Å²) in [5.74, 6) is -1.53. The molecule has 18 heavy (non-hydrogen) atoms. The van der Waals surface area contributed by atoms with Crippen LogP contribution in [0, 0.1) is 11.7 Å². The monoisotopic (exact) mass is 261 g/mol. The van der Waals surface area contributed by atoms with E-state index in [2.05, 4.69) is 5.32 Å². The van der Waals surface area contributed by atoms with Crippen LogP contribution in [0.2, 0.25) is 0 Å². The Balaban J connectivity index is 1.85. The first kappa shape index (κ1) is 13.3. The van der Waals surface area contributed by atoms with Crippen LogP contribution in [0.3, 0.4) is 0 Å². The highest BCUT2D eigenvalue weighted by molar-refractivity contribution is 5.17. The highest BCUT2D eigenvalue weighted by Crippen LogP contribution is 2.32. The predicted octanol–water partition coefficient (Wildman–Crippen LogP) is 3.30. The Morgan fingerprint density at radius 2 is 1.78 bits per heavy atom. The normalized spacial score (nSPS) is 25.1. The van der Waals surface area contributed by atoms with E-state index < -0.39 is 12.1 Å². The lowest BCUT2D eigenvalue weighted by Gasteiger charge is -2.31. The minimum Gasteiger partial charge on any atom is -0.313 e. The second-order valence-corrected chi connectivity index (χ2v) is 4.75. The zero-order valence-electron chi connectivity index (χ0n) is 9.80. The third kappa shape index (κ3) is 3.45. The van der Waals surface area contributed by atoms with Crippen LogP contribution >= 0.6 is 0 Å². The molecule has 0 saturated carbocycles. The van der Waals surface area contributed by atoms with Crippen molar-refractivity contribution in [1.82, 2.24) is 5.32 Å². The molecule has 5 heteroatoms. The zero-order valence-corrected chi connectivity index (χ0v) is 9.80. The number of piperidine rings is 1. The Bertz CT molecular complexity index is 377. The van der Waals surface area contributed by atoms with Gasteiger partial charge in [0.05, 0.1) is 5.92 Å². The smallest absolute Gasteiger partial charge is 0.313 e. The summed E-state index contributed by atoms with van der Waals surface area (Å²) < 4.78 is 50.1. The summed E-state index contributed by atoms with van der Waals surface area (Å²) in [5.41, 5.74) is 0.944. The van der Waals surface area contributed by atoms with Crippen molar-refractivity contribution in [2.75, 3.05) is 6.54 Å². The van der Waals surface area contributed by atoms with Crippen molar-refractivity contribution >= 4 is 0 Å². The zero-order chi connectivity index (χ0) is 13.2. The highest BCUT2D eigenvalue weighted by atomic mass is 19.4. The van der Waals surface area contributed by atoms with Crippen molar-refractivity contribution < 1.29 is 17.6 Å². The van der Waals surface area contributed by atoms with Crippen LogP contribution < -0.4 is 5.32 Å². The van der Waals surface area contributed by atoms with Crippen molar-refractivity contribution in [2.24, 2.45) is 5.92 Å². The van der Waals surface area contributed by atoms with E-state index in [0.29, 0.717) is 12.8 Å². The average molecular weight is 261 g/mol. The lowest BCUT2D eigenvalue weighted by atomic mass is 9.91. The second kappa shape index (κ2) is 5.26. The molecule has 1 aliphatic rings. The lowest BCUT2D eigenvalue weighted by Crippen LogP contribution is -2.45. The van der Waals surface area contributed by atoms with Gasteiger partial charge in [0.2, 0.25) is 0 Å². The fourth-order valence-corrected chi connectivity index (χ4v) is 2.27. The molecular formula is C13H15F4N. The summed E-state index contributed by atoms with van der Waals surface area (Å²) in [6.07, 6.45) is -2.79. The van der Waals surface area contributed by atoms with Gasteiger partial charge >= 0.3 is 6.18 Å². The molecule has 0 aliphatic carbocycles. The SMILES string of the molecule is Fc1ccc(CC2CCC(C(F)(F)F)CN2)cc1. The van der Waals surface area contributed by atoms with Gasteiger partial charge in [-0.05, 0) is 37.0 Å². The molecule has 1 fully saturated rings. The predicted molar refractivity (Wildman–Crippen MR) is 60.7 cm³/mol. The fraction of sp³-hybridized carbons (Fsp3) is 0.538. The molecule has 1 heterocycles. The van der Waals surface area contributed by atoms with Crippen LogP contribution in [-0.4, -0.2) is 18.8 Å². The number of hydrogen-bond donors (Lipinski definition) is 1. The number of benzene rings is 1. The van der Waals surface area contributed by atoms with Gasteiger partial charge in [0, 0.05) is 12.6 Å². The number of rotatable bonds is 2. The largest absolute Gasteiger partial charge is 0.393 e. The average Bonchev–Trinajstić information content (AvgIpc) is 2.32. The van der Waals surface area contributed by atoms with Gasteiger partial charge in [-0.1, -0.05) is 12.1 Å².